The highest BCUT2D eigenvalue weighted by atomic mass is 16.2. The summed E-state index contributed by atoms with van der Waals surface area (Å²) in [4.78, 5) is 13.9. The Labute approximate surface area is 120 Å². The maximum absolute atomic E-state index is 12.0. The van der Waals surface area contributed by atoms with E-state index >= 15 is 0 Å². The van der Waals surface area contributed by atoms with Crippen LogP contribution >= 0.6 is 0 Å². The molecule has 0 saturated carbocycles. The SMILES string of the molecule is Cc1ccccc1CNC(=O)CN(C)c1ccccc1. The molecule has 3 heteroatoms. The van der Waals surface area contributed by atoms with Gasteiger partial charge in [-0.05, 0) is 30.2 Å². The quantitative estimate of drug-likeness (QED) is 0.904. The third-order valence-corrected chi connectivity index (χ3v) is 3.32. The summed E-state index contributed by atoms with van der Waals surface area (Å²) in [6.07, 6.45) is 0. The van der Waals surface area contributed by atoms with Crippen LogP contribution in [0.2, 0.25) is 0 Å². The Morgan fingerprint density at radius 2 is 1.70 bits per heavy atom. The van der Waals surface area contributed by atoms with E-state index in [-0.39, 0.29) is 5.91 Å². The second-order valence-electron chi connectivity index (χ2n) is 4.89. The average Bonchev–Trinajstić information content (AvgIpc) is 2.47. The van der Waals surface area contributed by atoms with E-state index in [1.54, 1.807) is 0 Å². The minimum absolute atomic E-state index is 0.0274. The zero-order valence-electron chi connectivity index (χ0n) is 12.0. The Morgan fingerprint density at radius 3 is 2.40 bits per heavy atom. The number of hydrogen-bond donors (Lipinski definition) is 1. The van der Waals surface area contributed by atoms with Gasteiger partial charge in [0.1, 0.15) is 0 Å². The number of carbonyl (C=O) groups excluding carboxylic acids is 1. The second kappa shape index (κ2) is 6.75. The fourth-order valence-electron chi connectivity index (χ4n) is 2.05. The number of hydrogen-bond acceptors (Lipinski definition) is 2. The van der Waals surface area contributed by atoms with E-state index in [2.05, 4.69) is 18.3 Å². The number of likely N-dealkylation sites (N-methyl/N-ethyl adjacent to an activating group) is 1. The van der Waals surface area contributed by atoms with Crippen LogP contribution in [0.5, 0.6) is 0 Å². The van der Waals surface area contributed by atoms with Gasteiger partial charge in [-0.15, -0.1) is 0 Å². The Hall–Kier alpha value is -2.29. The van der Waals surface area contributed by atoms with Crippen LogP contribution in [-0.4, -0.2) is 19.5 Å². The Bertz CT molecular complexity index is 566. The first-order valence-corrected chi connectivity index (χ1v) is 6.74. The molecule has 3 nitrogen and oxygen atoms in total. The normalized spacial score (nSPS) is 10.1. The molecule has 20 heavy (non-hydrogen) atoms. The van der Waals surface area contributed by atoms with Crippen LogP contribution in [0.1, 0.15) is 11.1 Å². The molecule has 0 atom stereocenters. The van der Waals surface area contributed by atoms with E-state index in [9.17, 15) is 4.79 Å². The third kappa shape index (κ3) is 3.85. The van der Waals surface area contributed by atoms with Gasteiger partial charge in [0.2, 0.25) is 5.91 Å². The average molecular weight is 268 g/mol. The molecule has 0 heterocycles. The molecule has 0 aliphatic carbocycles. The minimum atomic E-state index is 0.0274. The van der Waals surface area contributed by atoms with Crippen molar-refractivity contribution in [2.45, 2.75) is 13.5 Å². The van der Waals surface area contributed by atoms with Crippen molar-refractivity contribution in [2.24, 2.45) is 0 Å². The zero-order chi connectivity index (χ0) is 14.4. The first-order chi connectivity index (χ1) is 9.66. The van der Waals surface area contributed by atoms with Crippen LogP contribution in [0.25, 0.3) is 0 Å². The van der Waals surface area contributed by atoms with Crippen molar-refractivity contribution >= 4 is 11.6 Å². The van der Waals surface area contributed by atoms with E-state index in [1.165, 1.54) is 5.56 Å². The molecule has 0 fully saturated rings. The first kappa shape index (κ1) is 14.1. The monoisotopic (exact) mass is 268 g/mol. The molecule has 0 bridgehead atoms. The van der Waals surface area contributed by atoms with Gasteiger partial charge in [-0.2, -0.15) is 0 Å². The van der Waals surface area contributed by atoms with Gasteiger partial charge in [-0.25, -0.2) is 0 Å². The highest BCUT2D eigenvalue weighted by molar-refractivity contribution is 5.81. The summed E-state index contributed by atoms with van der Waals surface area (Å²) < 4.78 is 0. The van der Waals surface area contributed by atoms with Crippen molar-refractivity contribution in [3.05, 3.63) is 65.7 Å². The van der Waals surface area contributed by atoms with Crippen molar-refractivity contribution < 1.29 is 4.79 Å². The molecule has 0 aliphatic heterocycles. The van der Waals surface area contributed by atoms with E-state index in [1.807, 2.05) is 60.5 Å². The molecule has 0 spiro atoms. The number of anilines is 1. The summed E-state index contributed by atoms with van der Waals surface area (Å²) in [6.45, 7) is 2.99. The second-order valence-corrected chi connectivity index (χ2v) is 4.89. The number of amides is 1. The molecular weight excluding hydrogens is 248 g/mol. The predicted molar refractivity (Wildman–Crippen MR) is 82.7 cm³/mol. The molecule has 1 amide bonds. The van der Waals surface area contributed by atoms with Crippen LogP contribution in [0.15, 0.2) is 54.6 Å². The van der Waals surface area contributed by atoms with Crippen LogP contribution < -0.4 is 10.2 Å². The van der Waals surface area contributed by atoms with E-state index in [4.69, 9.17) is 0 Å². The van der Waals surface area contributed by atoms with Crippen molar-refractivity contribution in [1.82, 2.24) is 5.32 Å². The summed E-state index contributed by atoms with van der Waals surface area (Å²) >= 11 is 0. The van der Waals surface area contributed by atoms with Crippen LogP contribution in [0.4, 0.5) is 5.69 Å². The number of benzene rings is 2. The summed E-state index contributed by atoms with van der Waals surface area (Å²) in [7, 11) is 1.92. The molecule has 2 aromatic carbocycles. The number of aryl methyl sites for hydroxylation is 1. The maximum Gasteiger partial charge on any atom is 0.239 e. The Kier molecular flexibility index (Phi) is 4.77. The van der Waals surface area contributed by atoms with Crippen molar-refractivity contribution in [1.29, 1.82) is 0 Å². The van der Waals surface area contributed by atoms with Gasteiger partial charge in [-0.1, -0.05) is 42.5 Å². The maximum atomic E-state index is 12.0. The predicted octanol–water partition coefficient (Wildman–Crippen LogP) is 2.75. The lowest BCUT2D eigenvalue weighted by atomic mass is 10.1. The molecule has 2 rings (SSSR count). The lowest BCUT2D eigenvalue weighted by Crippen LogP contribution is -2.34. The van der Waals surface area contributed by atoms with Gasteiger partial charge in [0, 0.05) is 19.3 Å². The topological polar surface area (TPSA) is 32.3 Å². The molecular formula is C17H20N2O. The molecule has 2 aromatic rings. The minimum Gasteiger partial charge on any atom is -0.365 e. The van der Waals surface area contributed by atoms with Gasteiger partial charge in [0.05, 0.1) is 6.54 Å². The fourth-order valence-corrected chi connectivity index (χ4v) is 2.05. The Morgan fingerprint density at radius 1 is 1.05 bits per heavy atom. The summed E-state index contributed by atoms with van der Waals surface area (Å²) in [5.41, 5.74) is 3.39. The first-order valence-electron chi connectivity index (χ1n) is 6.74. The van der Waals surface area contributed by atoms with Crippen LogP contribution in [-0.2, 0) is 11.3 Å². The molecule has 0 unspecified atom stereocenters. The van der Waals surface area contributed by atoms with Gasteiger partial charge >= 0.3 is 0 Å². The lowest BCUT2D eigenvalue weighted by molar-refractivity contribution is -0.119. The summed E-state index contributed by atoms with van der Waals surface area (Å²) in [5.74, 6) is 0.0274. The Balaban J connectivity index is 1.86. The number of carbonyl (C=O) groups is 1. The number of para-hydroxylation sites is 1. The zero-order valence-corrected chi connectivity index (χ0v) is 12.0. The van der Waals surface area contributed by atoms with Gasteiger partial charge in [-0.3, -0.25) is 4.79 Å². The van der Waals surface area contributed by atoms with Gasteiger partial charge in [0.25, 0.3) is 0 Å². The number of nitrogens with one attached hydrogen (secondary N) is 1. The largest absolute Gasteiger partial charge is 0.365 e. The number of nitrogens with zero attached hydrogens (tertiary/aromatic N) is 1. The highest BCUT2D eigenvalue weighted by Crippen LogP contribution is 2.10. The smallest absolute Gasteiger partial charge is 0.239 e. The molecule has 0 radical (unpaired) electrons. The van der Waals surface area contributed by atoms with Crippen LogP contribution in [0, 0.1) is 6.92 Å². The van der Waals surface area contributed by atoms with Crippen molar-refractivity contribution in [3.8, 4) is 0 Å². The van der Waals surface area contributed by atoms with Gasteiger partial charge in [0.15, 0.2) is 0 Å². The molecule has 1 N–H and O–H groups in total. The summed E-state index contributed by atoms with van der Waals surface area (Å²) in [5, 5.41) is 2.96. The lowest BCUT2D eigenvalue weighted by Gasteiger charge is -2.18. The van der Waals surface area contributed by atoms with E-state index in [0.29, 0.717) is 13.1 Å². The summed E-state index contributed by atoms with van der Waals surface area (Å²) in [6, 6.07) is 18.0. The molecule has 0 aliphatic rings. The molecule has 0 aromatic heterocycles. The third-order valence-electron chi connectivity index (χ3n) is 3.32. The molecule has 104 valence electrons. The highest BCUT2D eigenvalue weighted by Gasteiger charge is 2.07. The van der Waals surface area contributed by atoms with Crippen molar-refractivity contribution in [3.63, 3.8) is 0 Å². The van der Waals surface area contributed by atoms with E-state index in [0.717, 1.165) is 11.3 Å². The fraction of sp³-hybridized carbons (Fsp3) is 0.235. The molecule has 0 saturated heterocycles. The van der Waals surface area contributed by atoms with Crippen molar-refractivity contribution in [2.75, 3.05) is 18.5 Å². The number of rotatable bonds is 5. The van der Waals surface area contributed by atoms with E-state index < -0.39 is 0 Å². The van der Waals surface area contributed by atoms with Crippen LogP contribution in [0.3, 0.4) is 0 Å². The van der Waals surface area contributed by atoms with Gasteiger partial charge < -0.3 is 10.2 Å². The standard InChI is InChI=1S/C17H20N2O/c1-14-8-6-7-9-15(14)12-18-17(20)13-19(2)16-10-4-3-5-11-16/h3-11H,12-13H2,1-2H3,(H,18,20).